The molecule has 0 aliphatic rings. The van der Waals surface area contributed by atoms with E-state index < -0.39 is 0 Å². The van der Waals surface area contributed by atoms with Crippen molar-refractivity contribution in [3.8, 4) is 0 Å². The van der Waals surface area contributed by atoms with Crippen LogP contribution in [-0.2, 0) is 27.4 Å². The fourth-order valence-corrected chi connectivity index (χ4v) is 3.27. The van der Waals surface area contributed by atoms with Gasteiger partial charge in [0.05, 0.1) is 0 Å². The molecule has 162 valence electrons. The summed E-state index contributed by atoms with van der Waals surface area (Å²) in [6, 6.07) is 15.7. The highest BCUT2D eigenvalue weighted by molar-refractivity contribution is 5.91. The van der Waals surface area contributed by atoms with Crippen LogP contribution >= 0.6 is 0 Å². The molecular formula is C24H33N3O3. The summed E-state index contributed by atoms with van der Waals surface area (Å²) in [4.78, 5) is 28.7. The Balaban J connectivity index is 2.30. The Hall–Kier alpha value is -2.86. The number of anilines is 2. The van der Waals surface area contributed by atoms with Gasteiger partial charge in [0.25, 0.3) is 0 Å². The van der Waals surface area contributed by atoms with Crippen molar-refractivity contribution in [1.82, 2.24) is 4.90 Å². The molecule has 0 radical (unpaired) electrons. The molecule has 0 heterocycles. The Morgan fingerprint density at radius 2 is 1.73 bits per heavy atom. The average Bonchev–Trinajstić information content (AvgIpc) is 2.67. The van der Waals surface area contributed by atoms with Gasteiger partial charge in [0.15, 0.2) is 0 Å². The van der Waals surface area contributed by atoms with Crippen molar-refractivity contribution in [2.45, 2.75) is 33.4 Å². The van der Waals surface area contributed by atoms with Crippen LogP contribution in [0.3, 0.4) is 0 Å². The van der Waals surface area contributed by atoms with Crippen LogP contribution in [0.1, 0.15) is 31.4 Å². The number of methoxy groups -OCH3 is 1. The third-order valence-electron chi connectivity index (χ3n) is 4.64. The number of carbonyl (C=O) groups excluding carboxylic acids is 2. The smallest absolute Gasteiger partial charge is 0.249 e. The maximum Gasteiger partial charge on any atom is 0.249 e. The van der Waals surface area contributed by atoms with Crippen LogP contribution in [0.25, 0.3) is 0 Å². The van der Waals surface area contributed by atoms with E-state index in [4.69, 9.17) is 4.74 Å². The molecule has 0 aliphatic carbocycles. The number of amides is 2. The van der Waals surface area contributed by atoms with Gasteiger partial charge in [-0.05, 0) is 35.2 Å². The van der Waals surface area contributed by atoms with Gasteiger partial charge in [-0.1, -0.05) is 44.2 Å². The van der Waals surface area contributed by atoms with Crippen molar-refractivity contribution in [3.63, 3.8) is 0 Å². The van der Waals surface area contributed by atoms with Gasteiger partial charge < -0.3 is 19.9 Å². The summed E-state index contributed by atoms with van der Waals surface area (Å²) < 4.78 is 5.09. The maximum absolute atomic E-state index is 12.7. The molecule has 2 amide bonds. The first-order valence-corrected chi connectivity index (χ1v) is 10.2. The maximum atomic E-state index is 12.7. The molecule has 2 aromatic rings. The van der Waals surface area contributed by atoms with Crippen LogP contribution in [0.2, 0.25) is 0 Å². The third-order valence-corrected chi connectivity index (χ3v) is 4.64. The normalized spacial score (nSPS) is 10.7. The van der Waals surface area contributed by atoms with Crippen LogP contribution in [0.5, 0.6) is 0 Å². The Bertz CT molecular complexity index is 835. The van der Waals surface area contributed by atoms with E-state index in [1.54, 1.807) is 4.90 Å². The first kappa shape index (κ1) is 23.4. The van der Waals surface area contributed by atoms with Gasteiger partial charge in [-0.2, -0.15) is 0 Å². The van der Waals surface area contributed by atoms with Crippen LogP contribution in [0, 0.1) is 5.92 Å². The van der Waals surface area contributed by atoms with Crippen molar-refractivity contribution < 1.29 is 14.3 Å². The summed E-state index contributed by atoms with van der Waals surface area (Å²) in [6.45, 7) is 4.96. The second kappa shape index (κ2) is 11.4. The molecule has 0 unspecified atom stereocenters. The summed E-state index contributed by atoms with van der Waals surface area (Å²) in [5.41, 5.74) is 3.75. The number of ether oxygens (including phenoxy) is 1. The molecule has 0 bridgehead atoms. The third kappa shape index (κ3) is 7.19. The summed E-state index contributed by atoms with van der Waals surface area (Å²) in [5, 5.41) is 2.97. The lowest BCUT2D eigenvalue weighted by atomic mass is 10.1. The second-order valence-electron chi connectivity index (χ2n) is 8.05. The van der Waals surface area contributed by atoms with E-state index in [-0.39, 0.29) is 18.4 Å². The lowest BCUT2D eigenvalue weighted by Crippen LogP contribution is -2.33. The van der Waals surface area contributed by atoms with Crippen molar-refractivity contribution in [2.75, 3.05) is 38.0 Å². The molecule has 2 aromatic carbocycles. The molecule has 0 saturated heterocycles. The molecule has 0 saturated carbocycles. The topological polar surface area (TPSA) is 61.9 Å². The number of hydrogen-bond acceptors (Lipinski definition) is 4. The molecule has 6 heteroatoms. The van der Waals surface area contributed by atoms with Gasteiger partial charge >= 0.3 is 0 Å². The zero-order valence-corrected chi connectivity index (χ0v) is 18.6. The molecule has 2 rings (SSSR count). The fraction of sp³-hybridized carbons (Fsp3) is 0.417. The summed E-state index contributed by atoms with van der Waals surface area (Å²) in [5.74, 6) is 0.198. The number of nitrogens with zero attached hydrogens (tertiary/aromatic N) is 2. The Morgan fingerprint density at radius 1 is 1.03 bits per heavy atom. The highest BCUT2D eigenvalue weighted by atomic mass is 16.5. The number of rotatable bonds is 10. The monoisotopic (exact) mass is 411 g/mol. The summed E-state index contributed by atoms with van der Waals surface area (Å²) in [6.07, 6.45) is 0.469. The fourth-order valence-electron chi connectivity index (χ4n) is 3.27. The Morgan fingerprint density at radius 3 is 2.33 bits per heavy atom. The number of nitrogens with one attached hydrogen (secondary N) is 1. The minimum Gasteiger partial charge on any atom is -0.377 e. The zero-order chi connectivity index (χ0) is 22.1. The van der Waals surface area contributed by atoms with Crippen LogP contribution in [0.4, 0.5) is 11.4 Å². The lowest BCUT2D eigenvalue weighted by molar-refractivity contribution is -0.136. The predicted molar refractivity (Wildman–Crippen MR) is 121 cm³/mol. The van der Waals surface area contributed by atoms with Crippen LogP contribution in [-0.4, -0.2) is 44.5 Å². The summed E-state index contributed by atoms with van der Waals surface area (Å²) >= 11 is 0. The average molecular weight is 412 g/mol. The summed E-state index contributed by atoms with van der Waals surface area (Å²) in [7, 11) is 5.46. The first-order valence-electron chi connectivity index (χ1n) is 10.2. The standard InChI is InChI=1S/C24H33N3O3/c1-18(2)13-23(28)25-21-11-12-22(26(3)4)20(14-21)16-27(24(29)17-30-5)15-19-9-7-6-8-10-19/h6-12,14,18H,13,15-17H2,1-5H3,(H,25,28). The van der Waals surface area contributed by atoms with Crippen LogP contribution < -0.4 is 10.2 Å². The molecule has 30 heavy (non-hydrogen) atoms. The lowest BCUT2D eigenvalue weighted by Gasteiger charge is -2.26. The van der Waals surface area contributed by atoms with Gasteiger partial charge in [0, 0.05) is 52.1 Å². The number of hydrogen-bond donors (Lipinski definition) is 1. The minimum absolute atomic E-state index is 0.00912. The van der Waals surface area contributed by atoms with Crippen molar-refractivity contribution in [2.24, 2.45) is 5.92 Å². The van der Waals surface area contributed by atoms with E-state index in [0.717, 1.165) is 22.5 Å². The minimum atomic E-state index is -0.0831. The Labute approximate surface area is 179 Å². The van der Waals surface area contributed by atoms with E-state index in [1.165, 1.54) is 7.11 Å². The quantitative estimate of drug-likeness (QED) is 0.644. The molecule has 0 aliphatic heterocycles. The molecule has 6 nitrogen and oxygen atoms in total. The molecule has 0 atom stereocenters. The van der Waals surface area contributed by atoms with Gasteiger partial charge in [0.2, 0.25) is 11.8 Å². The predicted octanol–water partition coefficient (Wildman–Crippen LogP) is 3.91. The van der Waals surface area contributed by atoms with Crippen molar-refractivity contribution in [1.29, 1.82) is 0 Å². The van der Waals surface area contributed by atoms with Crippen LogP contribution in [0.15, 0.2) is 48.5 Å². The van der Waals surface area contributed by atoms with E-state index in [0.29, 0.717) is 25.4 Å². The van der Waals surface area contributed by atoms with E-state index >= 15 is 0 Å². The second-order valence-corrected chi connectivity index (χ2v) is 8.05. The number of carbonyl (C=O) groups is 2. The van der Waals surface area contributed by atoms with Crippen molar-refractivity contribution >= 4 is 23.2 Å². The highest BCUT2D eigenvalue weighted by Crippen LogP contribution is 2.25. The zero-order valence-electron chi connectivity index (χ0n) is 18.6. The van der Waals surface area contributed by atoms with Gasteiger partial charge in [-0.3, -0.25) is 9.59 Å². The molecule has 0 spiro atoms. The van der Waals surface area contributed by atoms with Gasteiger partial charge in [-0.15, -0.1) is 0 Å². The molecule has 0 fully saturated rings. The first-order chi connectivity index (χ1) is 14.3. The largest absolute Gasteiger partial charge is 0.377 e. The van der Waals surface area contributed by atoms with Gasteiger partial charge in [-0.25, -0.2) is 0 Å². The van der Waals surface area contributed by atoms with E-state index in [9.17, 15) is 9.59 Å². The molecular weight excluding hydrogens is 378 g/mol. The molecule has 0 aromatic heterocycles. The SMILES string of the molecule is COCC(=O)N(Cc1ccccc1)Cc1cc(NC(=O)CC(C)C)ccc1N(C)C. The van der Waals surface area contributed by atoms with E-state index in [1.807, 2.05) is 81.4 Å². The van der Waals surface area contributed by atoms with Gasteiger partial charge in [0.1, 0.15) is 6.61 Å². The number of benzene rings is 2. The highest BCUT2D eigenvalue weighted by Gasteiger charge is 2.18. The Kier molecular flexibility index (Phi) is 8.87. The molecule has 1 N–H and O–H groups in total. The van der Waals surface area contributed by atoms with Crippen molar-refractivity contribution in [3.05, 3.63) is 59.7 Å². The van der Waals surface area contributed by atoms with E-state index in [2.05, 4.69) is 5.32 Å².